The summed E-state index contributed by atoms with van der Waals surface area (Å²) in [6, 6.07) is 0.491. The number of rotatable bonds is 4. The largest absolute Gasteiger partial charge is 0.328 e. The molecular weight excluding hydrogens is 148 g/mol. The van der Waals surface area contributed by atoms with Crippen LogP contribution in [-0.4, -0.2) is 30.6 Å². The molecule has 2 unspecified atom stereocenters. The Morgan fingerprint density at radius 2 is 1.92 bits per heavy atom. The molecule has 0 radical (unpaired) electrons. The van der Waals surface area contributed by atoms with E-state index in [1.807, 2.05) is 0 Å². The van der Waals surface area contributed by atoms with Crippen LogP contribution >= 0.6 is 0 Å². The minimum Gasteiger partial charge on any atom is -0.328 e. The zero-order valence-corrected chi connectivity index (χ0v) is 8.42. The van der Waals surface area contributed by atoms with E-state index in [4.69, 9.17) is 5.73 Å². The normalized spacial score (nSPS) is 30.0. The third-order valence-corrected chi connectivity index (χ3v) is 2.99. The summed E-state index contributed by atoms with van der Waals surface area (Å²) < 4.78 is 0. The van der Waals surface area contributed by atoms with E-state index in [-0.39, 0.29) is 0 Å². The minimum absolute atomic E-state index is 0.491. The minimum atomic E-state index is 0.491. The fourth-order valence-corrected chi connectivity index (χ4v) is 2.13. The van der Waals surface area contributed by atoms with Gasteiger partial charge in [0.2, 0.25) is 0 Å². The Kier molecular flexibility index (Phi) is 4.02. The van der Waals surface area contributed by atoms with Gasteiger partial charge in [-0.05, 0) is 38.3 Å². The summed E-state index contributed by atoms with van der Waals surface area (Å²) >= 11 is 0. The van der Waals surface area contributed by atoms with Gasteiger partial charge in [0.15, 0.2) is 0 Å². The molecule has 1 aliphatic carbocycles. The van der Waals surface area contributed by atoms with E-state index in [2.05, 4.69) is 18.7 Å². The fraction of sp³-hybridized carbons (Fsp3) is 1.00. The Hall–Kier alpha value is -0.0800. The van der Waals surface area contributed by atoms with E-state index < -0.39 is 0 Å². The highest BCUT2D eigenvalue weighted by atomic mass is 15.1. The van der Waals surface area contributed by atoms with Crippen LogP contribution in [0, 0.1) is 5.92 Å². The first-order chi connectivity index (χ1) is 5.76. The molecule has 0 spiro atoms. The van der Waals surface area contributed by atoms with Crippen LogP contribution in [-0.2, 0) is 0 Å². The van der Waals surface area contributed by atoms with Crippen molar-refractivity contribution in [3.8, 4) is 0 Å². The van der Waals surface area contributed by atoms with Gasteiger partial charge < -0.3 is 10.6 Å². The Bertz CT molecular complexity index is 121. The lowest BCUT2D eigenvalue weighted by Gasteiger charge is -2.21. The van der Waals surface area contributed by atoms with Crippen LogP contribution in [0.2, 0.25) is 0 Å². The first-order valence-corrected chi connectivity index (χ1v) is 5.24. The average molecular weight is 170 g/mol. The Balaban J connectivity index is 2.21. The second kappa shape index (κ2) is 4.83. The van der Waals surface area contributed by atoms with Crippen molar-refractivity contribution >= 4 is 0 Å². The second-order valence-electron chi connectivity index (χ2n) is 3.93. The molecule has 0 heterocycles. The smallest absolute Gasteiger partial charge is 0.00420 e. The van der Waals surface area contributed by atoms with Gasteiger partial charge in [-0.3, -0.25) is 0 Å². The lowest BCUT2D eigenvalue weighted by atomic mass is 10.1. The predicted molar refractivity (Wildman–Crippen MR) is 53.1 cm³/mol. The van der Waals surface area contributed by atoms with Gasteiger partial charge in [0, 0.05) is 12.6 Å². The van der Waals surface area contributed by atoms with Crippen molar-refractivity contribution in [1.82, 2.24) is 4.90 Å². The van der Waals surface area contributed by atoms with Crippen LogP contribution in [0.1, 0.15) is 33.1 Å². The number of nitrogens with two attached hydrogens (primary N) is 1. The van der Waals surface area contributed by atoms with Crippen LogP contribution < -0.4 is 5.73 Å². The van der Waals surface area contributed by atoms with E-state index in [0.29, 0.717) is 6.04 Å². The quantitative estimate of drug-likeness (QED) is 0.692. The molecule has 2 nitrogen and oxygen atoms in total. The van der Waals surface area contributed by atoms with E-state index in [1.165, 1.54) is 38.9 Å². The van der Waals surface area contributed by atoms with Crippen LogP contribution in [0.25, 0.3) is 0 Å². The highest BCUT2D eigenvalue weighted by molar-refractivity contribution is 4.79. The van der Waals surface area contributed by atoms with Crippen molar-refractivity contribution in [2.75, 3.05) is 19.6 Å². The van der Waals surface area contributed by atoms with Crippen LogP contribution in [0.3, 0.4) is 0 Å². The molecule has 1 aliphatic rings. The molecular formula is C10H22N2. The first kappa shape index (κ1) is 10.0. The van der Waals surface area contributed by atoms with Crippen LogP contribution in [0.5, 0.6) is 0 Å². The summed E-state index contributed by atoms with van der Waals surface area (Å²) in [6.45, 7) is 8.10. The molecule has 0 aromatic rings. The van der Waals surface area contributed by atoms with Crippen molar-refractivity contribution in [3.63, 3.8) is 0 Å². The summed E-state index contributed by atoms with van der Waals surface area (Å²) in [6.07, 6.45) is 3.83. The molecule has 0 bridgehead atoms. The molecule has 12 heavy (non-hydrogen) atoms. The van der Waals surface area contributed by atoms with Gasteiger partial charge in [0.05, 0.1) is 0 Å². The third kappa shape index (κ3) is 2.76. The molecule has 1 saturated carbocycles. The van der Waals surface area contributed by atoms with Crippen molar-refractivity contribution in [1.29, 1.82) is 0 Å². The molecule has 1 fully saturated rings. The van der Waals surface area contributed by atoms with E-state index in [9.17, 15) is 0 Å². The molecule has 0 aromatic carbocycles. The highest BCUT2D eigenvalue weighted by Crippen LogP contribution is 2.24. The van der Waals surface area contributed by atoms with Crippen molar-refractivity contribution in [2.24, 2.45) is 11.7 Å². The van der Waals surface area contributed by atoms with Gasteiger partial charge in [-0.2, -0.15) is 0 Å². The fourth-order valence-electron chi connectivity index (χ4n) is 2.13. The summed E-state index contributed by atoms with van der Waals surface area (Å²) in [5.74, 6) is 0.875. The zero-order chi connectivity index (χ0) is 8.97. The average Bonchev–Trinajstić information content (AvgIpc) is 2.47. The van der Waals surface area contributed by atoms with Gasteiger partial charge in [0.1, 0.15) is 0 Å². The Morgan fingerprint density at radius 3 is 2.33 bits per heavy atom. The molecule has 0 aromatic heterocycles. The highest BCUT2D eigenvalue weighted by Gasteiger charge is 2.22. The van der Waals surface area contributed by atoms with Gasteiger partial charge in [0.25, 0.3) is 0 Å². The number of nitrogens with zero attached hydrogens (tertiary/aromatic N) is 1. The maximum atomic E-state index is 5.87. The van der Waals surface area contributed by atoms with E-state index in [1.54, 1.807) is 0 Å². The maximum Gasteiger partial charge on any atom is 0.00420 e. The zero-order valence-electron chi connectivity index (χ0n) is 8.42. The first-order valence-electron chi connectivity index (χ1n) is 5.24. The maximum absolute atomic E-state index is 5.87. The summed E-state index contributed by atoms with van der Waals surface area (Å²) in [5.41, 5.74) is 5.87. The molecule has 2 heteroatoms. The lowest BCUT2D eigenvalue weighted by Crippen LogP contribution is -2.29. The molecule has 2 atom stereocenters. The van der Waals surface area contributed by atoms with Crippen molar-refractivity contribution in [2.45, 2.75) is 39.2 Å². The van der Waals surface area contributed by atoms with Crippen LogP contribution in [0.15, 0.2) is 0 Å². The predicted octanol–water partition coefficient (Wildman–Crippen LogP) is 1.46. The topological polar surface area (TPSA) is 29.3 Å². The van der Waals surface area contributed by atoms with Crippen LogP contribution in [0.4, 0.5) is 0 Å². The summed E-state index contributed by atoms with van der Waals surface area (Å²) in [4.78, 5) is 2.50. The molecule has 0 amide bonds. The van der Waals surface area contributed by atoms with Gasteiger partial charge in [-0.25, -0.2) is 0 Å². The lowest BCUT2D eigenvalue weighted by molar-refractivity contribution is 0.253. The van der Waals surface area contributed by atoms with Crippen molar-refractivity contribution in [3.05, 3.63) is 0 Å². The van der Waals surface area contributed by atoms with E-state index >= 15 is 0 Å². The SMILES string of the molecule is CCN(CC)CC1CCC(N)C1. The summed E-state index contributed by atoms with van der Waals surface area (Å²) in [5, 5.41) is 0. The molecule has 2 N–H and O–H groups in total. The second-order valence-corrected chi connectivity index (χ2v) is 3.93. The third-order valence-electron chi connectivity index (χ3n) is 2.99. The van der Waals surface area contributed by atoms with Gasteiger partial charge in [-0.1, -0.05) is 13.8 Å². The molecule has 72 valence electrons. The number of hydrogen-bond donors (Lipinski definition) is 1. The van der Waals surface area contributed by atoms with E-state index in [0.717, 1.165) is 5.92 Å². The standard InChI is InChI=1S/C10H22N2/c1-3-12(4-2)8-9-5-6-10(11)7-9/h9-10H,3-8,11H2,1-2H3. The summed E-state index contributed by atoms with van der Waals surface area (Å²) in [7, 11) is 0. The Morgan fingerprint density at radius 1 is 1.25 bits per heavy atom. The molecule has 0 aliphatic heterocycles. The van der Waals surface area contributed by atoms with Gasteiger partial charge in [-0.15, -0.1) is 0 Å². The number of hydrogen-bond acceptors (Lipinski definition) is 2. The molecule has 1 rings (SSSR count). The monoisotopic (exact) mass is 170 g/mol. The Labute approximate surface area is 76.1 Å². The van der Waals surface area contributed by atoms with Crippen molar-refractivity contribution < 1.29 is 0 Å². The molecule has 0 saturated heterocycles. The van der Waals surface area contributed by atoms with Gasteiger partial charge >= 0.3 is 0 Å².